The molecule has 0 spiro atoms. The van der Waals surface area contributed by atoms with Crippen molar-refractivity contribution in [2.75, 3.05) is 53.6 Å². The minimum absolute atomic E-state index is 0.362. The normalized spacial score (nSPS) is 16.7. The van der Waals surface area contributed by atoms with Gasteiger partial charge >= 0.3 is 0 Å². The van der Waals surface area contributed by atoms with Gasteiger partial charge in [0.25, 0.3) is 0 Å². The van der Waals surface area contributed by atoms with Gasteiger partial charge in [0.05, 0.1) is 13.2 Å². The van der Waals surface area contributed by atoms with E-state index >= 15 is 0 Å². The van der Waals surface area contributed by atoms with Crippen molar-refractivity contribution in [3.05, 3.63) is 29.8 Å². The fraction of sp³-hybridized carbons (Fsp3) is 0.696. The average Bonchev–Trinajstić information content (AvgIpc) is 2.76. The lowest BCUT2D eigenvalue weighted by atomic mass is 9.98. The highest BCUT2D eigenvalue weighted by molar-refractivity contribution is 5.80. The molecule has 29 heavy (non-hydrogen) atoms. The number of aliphatic imine (C=N–C) groups is 1. The van der Waals surface area contributed by atoms with Crippen LogP contribution in [0.5, 0.6) is 5.75 Å². The van der Waals surface area contributed by atoms with E-state index in [-0.39, 0.29) is 0 Å². The third-order valence-electron chi connectivity index (χ3n) is 5.43. The van der Waals surface area contributed by atoms with Crippen molar-refractivity contribution in [2.24, 2.45) is 4.99 Å². The molecule has 0 saturated carbocycles. The first-order valence-electron chi connectivity index (χ1n) is 11.0. The Morgan fingerprint density at radius 2 is 1.90 bits per heavy atom. The summed E-state index contributed by atoms with van der Waals surface area (Å²) in [5.74, 6) is 2.41. The molecule has 1 N–H and O–H groups in total. The molecule has 1 fully saturated rings. The number of piperidine rings is 1. The molecule has 0 aliphatic carbocycles. The van der Waals surface area contributed by atoms with Gasteiger partial charge in [-0.1, -0.05) is 19.1 Å². The molecule has 1 aliphatic heterocycles. The Morgan fingerprint density at radius 3 is 2.52 bits per heavy atom. The van der Waals surface area contributed by atoms with Gasteiger partial charge in [-0.05, 0) is 56.2 Å². The number of guanidine groups is 1. The van der Waals surface area contributed by atoms with Gasteiger partial charge < -0.3 is 24.4 Å². The van der Waals surface area contributed by atoms with Crippen LogP contribution in [-0.4, -0.2) is 70.6 Å². The van der Waals surface area contributed by atoms with Gasteiger partial charge in [0, 0.05) is 46.5 Å². The van der Waals surface area contributed by atoms with Crippen LogP contribution in [0.1, 0.15) is 51.0 Å². The Hall–Kier alpha value is -1.79. The summed E-state index contributed by atoms with van der Waals surface area (Å²) in [5.41, 5.74) is 1.33. The zero-order valence-corrected chi connectivity index (χ0v) is 18.7. The smallest absolute Gasteiger partial charge is 0.193 e. The highest BCUT2D eigenvalue weighted by Crippen LogP contribution is 2.22. The molecule has 0 aromatic heterocycles. The topological polar surface area (TPSA) is 55.3 Å². The van der Waals surface area contributed by atoms with Crippen molar-refractivity contribution in [1.82, 2.24) is 10.2 Å². The molecule has 164 valence electrons. The molecule has 1 aliphatic rings. The van der Waals surface area contributed by atoms with Crippen LogP contribution in [0.2, 0.25) is 0 Å². The minimum atomic E-state index is 0.362. The van der Waals surface area contributed by atoms with E-state index in [0.29, 0.717) is 12.0 Å². The lowest BCUT2D eigenvalue weighted by molar-refractivity contribution is 0.00990. The molecular formula is C23H39N3O3. The van der Waals surface area contributed by atoms with E-state index in [0.717, 1.165) is 76.8 Å². The maximum Gasteiger partial charge on any atom is 0.193 e. The first kappa shape index (κ1) is 23.5. The molecule has 1 unspecified atom stereocenters. The van der Waals surface area contributed by atoms with E-state index in [9.17, 15) is 0 Å². The second-order valence-electron chi connectivity index (χ2n) is 7.60. The van der Waals surface area contributed by atoms with Gasteiger partial charge in [-0.3, -0.25) is 4.99 Å². The summed E-state index contributed by atoms with van der Waals surface area (Å²) >= 11 is 0. The van der Waals surface area contributed by atoms with E-state index < -0.39 is 0 Å². The van der Waals surface area contributed by atoms with Crippen molar-refractivity contribution in [3.63, 3.8) is 0 Å². The van der Waals surface area contributed by atoms with Crippen LogP contribution in [0.25, 0.3) is 0 Å². The van der Waals surface area contributed by atoms with Gasteiger partial charge in [-0.2, -0.15) is 0 Å². The minimum Gasteiger partial charge on any atom is -0.497 e. The number of methoxy groups -OCH3 is 2. The molecule has 6 nitrogen and oxygen atoms in total. The van der Waals surface area contributed by atoms with Crippen molar-refractivity contribution in [2.45, 2.75) is 51.6 Å². The van der Waals surface area contributed by atoms with Crippen molar-refractivity contribution < 1.29 is 14.2 Å². The molecule has 1 saturated heterocycles. The number of nitrogens with zero attached hydrogens (tertiary/aromatic N) is 2. The average molecular weight is 406 g/mol. The summed E-state index contributed by atoms with van der Waals surface area (Å²) in [6.07, 6.45) is 4.47. The summed E-state index contributed by atoms with van der Waals surface area (Å²) in [5, 5.41) is 3.46. The zero-order chi connectivity index (χ0) is 20.9. The molecule has 0 radical (unpaired) electrons. The van der Waals surface area contributed by atoms with Crippen molar-refractivity contribution >= 4 is 5.96 Å². The van der Waals surface area contributed by atoms with E-state index in [1.165, 1.54) is 5.56 Å². The number of ether oxygens (including phenoxy) is 3. The second-order valence-corrected chi connectivity index (χ2v) is 7.60. The van der Waals surface area contributed by atoms with Gasteiger partial charge in [-0.25, -0.2) is 0 Å². The van der Waals surface area contributed by atoms with Gasteiger partial charge in [-0.15, -0.1) is 0 Å². The highest BCUT2D eigenvalue weighted by Gasteiger charge is 2.21. The third kappa shape index (κ3) is 8.23. The lowest BCUT2D eigenvalue weighted by Crippen LogP contribution is -2.47. The summed E-state index contributed by atoms with van der Waals surface area (Å²) in [4.78, 5) is 7.27. The quantitative estimate of drug-likeness (QED) is 0.346. The molecule has 0 bridgehead atoms. The fourth-order valence-electron chi connectivity index (χ4n) is 3.58. The largest absolute Gasteiger partial charge is 0.497 e. The van der Waals surface area contributed by atoms with Crippen LogP contribution in [-0.2, 0) is 9.47 Å². The Labute approximate surface area is 176 Å². The van der Waals surface area contributed by atoms with E-state index in [1.807, 2.05) is 12.1 Å². The molecule has 0 amide bonds. The van der Waals surface area contributed by atoms with Crippen molar-refractivity contribution in [3.8, 4) is 5.75 Å². The summed E-state index contributed by atoms with van der Waals surface area (Å²) in [7, 11) is 3.43. The predicted molar refractivity (Wildman–Crippen MR) is 119 cm³/mol. The van der Waals surface area contributed by atoms with Crippen LogP contribution in [0.15, 0.2) is 29.3 Å². The van der Waals surface area contributed by atoms with Crippen LogP contribution >= 0.6 is 0 Å². The third-order valence-corrected chi connectivity index (χ3v) is 5.43. The first-order chi connectivity index (χ1) is 14.2. The van der Waals surface area contributed by atoms with Crippen LogP contribution < -0.4 is 10.1 Å². The molecule has 6 heteroatoms. The highest BCUT2D eigenvalue weighted by atomic mass is 16.5. The summed E-state index contributed by atoms with van der Waals surface area (Å²) in [6.45, 7) is 9.64. The number of hydrogen-bond acceptors (Lipinski definition) is 4. The number of likely N-dealkylation sites (tertiary alicyclic amines) is 1. The maximum absolute atomic E-state index is 5.98. The van der Waals surface area contributed by atoms with Gasteiger partial charge in [0.1, 0.15) is 5.75 Å². The fourth-order valence-corrected chi connectivity index (χ4v) is 3.58. The number of benzene rings is 1. The lowest BCUT2D eigenvalue weighted by Gasteiger charge is -2.34. The van der Waals surface area contributed by atoms with Crippen LogP contribution in [0.4, 0.5) is 0 Å². The SMILES string of the molecule is CCNC(=NCCC(C)c1ccc(OC)cc1)N1CCC(OCCCOC)CC1. The molecule has 1 aromatic rings. The van der Waals surface area contributed by atoms with Crippen LogP contribution in [0, 0.1) is 0 Å². The Kier molecular flexibility index (Phi) is 10.9. The Bertz CT molecular complexity index is 584. The second kappa shape index (κ2) is 13.4. The van der Waals surface area contributed by atoms with Gasteiger partial charge in [0.15, 0.2) is 5.96 Å². The zero-order valence-electron chi connectivity index (χ0n) is 18.7. The predicted octanol–water partition coefficient (Wildman–Crippen LogP) is 3.67. The molecule has 1 aromatic carbocycles. The Morgan fingerprint density at radius 1 is 1.17 bits per heavy atom. The first-order valence-corrected chi connectivity index (χ1v) is 11.0. The monoisotopic (exact) mass is 405 g/mol. The van der Waals surface area contributed by atoms with E-state index in [1.54, 1.807) is 14.2 Å². The summed E-state index contributed by atoms with van der Waals surface area (Å²) in [6, 6.07) is 8.35. The summed E-state index contributed by atoms with van der Waals surface area (Å²) < 4.78 is 16.3. The number of nitrogens with one attached hydrogen (secondary N) is 1. The molecular weight excluding hydrogens is 366 g/mol. The van der Waals surface area contributed by atoms with E-state index in [4.69, 9.17) is 19.2 Å². The maximum atomic E-state index is 5.98. The Balaban J connectivity index is 1.78. The molecule has 1 heterocycles. The molecule has 1 atom stereocenters. The van der Waals surface area contributed by atoms with Gasteiger partial charge in [0.2, 0.25) is 0 Å². The number of hydrogen-bond donors (Lipinski definition) is 1. The van der Waals surface area contributed by atoms with Crippen molar-refractivity contribution in [1.29, 1.82) is 0 Å². The van der Waals surface area contributed by atoms with E-state index in [2.05, 4.69) is 36.2 Å². The standard InChI is InChI=1S/C23H39N3O3/c1-5-24-23(26-15-12-22(13-16-26)29-18-6-17-27-3)25-14-11-19(2)20-7-9-21(28-4)10-8-20/h7-10,19,22H,5-6,11-18H2,1-4H3,(H,24,25). The van der Waals surface area contributed by atoms with Crippen LogP contribution in [0.3, 0.4) is 0 Å². The number of rotatable bonds is 11. The molecule has 2 rings (SSSR count).